The van der Waals surface area contributed by atoms with Gasteiger partial charge >= 0.3 is 0 Å². The molecule has 1 fully saturated rings. The SMILES string of the molecule is C=CC(=O)Nc1cc(Nc2nc(N)c(Cl)c(-n3ccc4ccccc43)n2)c(OC)cc1N1CCN(C)CC1. The van der Waals surface area contributed by atoms with Crippen molar-refractivity contribution in [3.05, 3.63) is 66.3 Å². The molecule has 10 nitrogen and oxygen atoms in total. The quantitative estimate of drug-likeness (QED) is 0.302. The first-order chi connectivity index (χ1) is 18.4. The van der Waals surface area contributed by atoms with Crippen molar-refractivity contribution in [2.45, 2.75) is 0 Å². The number of methoxy groups -OCH3 is 1. The Balaban J connectivity index is 1.55. The van der Waals surface area contributed by atoms with E-state index in [1.807, 2.05) is 47.2 Å². The summed E-state index contributed by atoms with van der Waals surface area (Å²) in [4.78, 5) is 25.8. The van der Waals surface area contributed by atoms with Crippen molar-refractivity contribution in [2.75, 3.05) is 61.6 Å². The van der Waals surface area contributed by atoms with Crippen LogP contribution in [0.5, 0.6) is 5.75 Å². The maximum Gasteiger partial charge on any atom is 0.247 e. The van der Waals surface area contributed by atoms with E-state index in [1.54, 1.807) is 13.2 Å². The zero-order chi connectivity index (χ0) is 26.8. The van der Waals surface area contributed by atoms with Gasteiger partial charge < -0.3 is 30.9 Å². The third-order valence-corrected chi connectivity index (χ3v) is 6.90. The van der Waals surface area contributed by atoms with E-state index >= 15 is 0 Å². The third kappa shape index (κ3) is 4.96. The number of piperazine rings is 1. The number of nitrogen functional groups attached to an aromatic ring is 1. The molecule has 0 bridgehead atoms. The zero-order valence-corrected chi connectivity index (χ0v) is 22.0. The summed E-state index contributed by atoms with van der Waals surface area (Å²) in [5.41, 5.74) is 9.15. The van der Waals surface area contributed by atoms with E-state index in [9.17, 15) is 4.79 Å². The highest BCUT2D eigenvalue weighted by Gasteiger charge is 2.22. The van der Waals surface area contributed by atoms with Crippen LogP contribution in [0.1, 0.15) is 0 Å². The number of likely N-dealkylation sites (N-methyl/N-ethyl adjacent to an activating group) is 1. The number of carbonyl (C=O) groups is 1. The number of nitrogens with zero attached hydrogens (tertiary/aromatic N) is 5. The van der Waals surface area contributed by atoms with Crippen LogP contribution >= 0.6 is 11.6 Å². The number of hydrogen-bond donors (Lipinski definition) is 3. The number of rotatable bonds is 7. The van der Waals surface area contributed by atoms with Crippen molar-refractivity contribution in [1.82, 2.24) is 19.4 Å². The lowest BCUT2D eigenvalue weighted by Gasteiger charge is -2.35. The number of fused-ring (bicyclic) bond motifs is 1. The highest BCUT2D eigenvalue weighted by molar-refractivity contribution is 6.34. The molecule has 3 heterocycles. The molecule has 0 unspecified atom stereocenters. The van der Waals surface area contributed by atoms with E-state index in [0.29, 0.717) is 22.9 Å². The second-order valence-electron chi connectivity index (χ2n) is 8.99. The predicted molar refractivity (Wildman–Crippen MR) is 153 cm³/mol. The number of aromatic nitrogens is 3. The number of benzene rings is 2. The Bertz CT molecular complexity index is 1510. The Morgan fingerprint density at radius 1 is 1.13 bits per heavy atom. The molecule has 5 rings (SSSR count). The van der Waals surface area contributed by atoms with E-state index in [2.05, 4.69) is 44.0 Å². The Morgan fingerprint density at radius 3 is 2.63 bits per heavy atom. The van der Waals surface area contributed by atoms with Gasteiger partial charge in [0.05, 0.1) is 29.7 Å². The summed E-state index contributed by atoms with van der Waals surface area (Å²) in [6.45, 7) is 7.03. The molecule has 1 aliphatic rings. The van der Waals surface area contributed by atoms with Crippen LogP contribution in [-0.4, -0.2) is 65.7 Å². The lowest BCUT2D eigenvalue weighted by atomic mass is 10.1. The molecule has 11 heteroatoms. The molecule has 0 atom stereocenters. The zero-order valence-electron chi connectivity index (χ0n) is 21.2. The van der Waals surface area contributed by atoms with E-state index in [0.717, 1.165) is 42.8 Å². The Hall–Kier alpha value is -4.28. The molecule has 38 heavy (non-hydrogen) atoms. The number of amides is 1. The Morgan fingerprint density at radius 2 is 1.89 bits per heavy atom. The van der Waals surface area contributed by atoms with Crippen molar-refractivity contribution < 1.29 is 9.53 Å². The summed E-state index contributed by atoms with van der Waals surface area (Å²) in [6.07, 6.45) is 3.12. The lowest BCUT2D eigenvalue weighted by molar-refractivity contribution is -0.111. The second-order valence-corrected chi connectivity index (χ2v) is 9.37. The van der Waals surface area contributed by atoms with E-state index in [1.165, 1.54) is 6.08 Å². The number of carbonyl (C=O) groups excluding carboxylic acids is 1. The summed E-state index contributed by atoms with van der Waals surface area (Å²) in [5, 5.41) is 7.41. The van der Waals surface area contributed by atoms with Crippen molar-refractivity contribution in [2.24, 2.45) is 0 Å². The van der Waals surface area contributed by atoms with Gasteiger partial charge in [-0.2, -0.15) is 9.97 Å². The number of para-hydroxylation sites is 1. The molecule has 0 saturated carbocycles. The molecule has 1 amide bonds. The molecule has 4 aromatic rings. The average Bonchev–Trinajstić information content (AvgIpc) is 3.35. The van der Waals surface area contributed by atoms with E-state index in [4.69, 9.17) is 22.1 Å². The summed E-state index contributed by atoms with van der Waals surface area (Å²) >= 11 is 6.54. The molecular weight excluding hydrogens is 504 g/mol. The fourth-order valence-electron chi connectivity index (χ4n) is 4.48. The smallest absolute Gasteiger partial charge is 0.247 e. The first-order valence-corrected chi connectivity index (χ1v) is 12.5. The fourth-order valence-corrected chi connectivity index (χ4v) is 4.66. The van der Waals surface area contributed by atoms with Gasteiger partial charge in [0.2, 0.25) is 11.9 Å². The number of nitrogens with one attached hydrogen (secondary N) is 2. The minimum atomic E-state index is -0.315. The maximum atomic E-state index is 12.3. The highest BCUT2D eigenvalue weighted by atomic mass is 35.5. The molecule has 0 aliphatic carbocycles. The van der Waals surface area contributed by atoms with Crippen LogP contribution in [0.4, 0.5) is 28.8 Å². The van der Waals surface area contributed by atoms with Gasteiger partial charge in [0.25, 0.3) is 0 Å². The van der Waals surface area contributed by atoms with E-state index in [-0.39, 0.29) is 22.7 Å². The van der Waals surface area contributed by atoms with Gasteiger partial charge in [-0.25, -0.2) is 0 Å². The molecular formula is C27H29ClN8O2. The number of nitrogens with two attached hydrogens (primary N) is 1. The van der Waals surface area contributed by atoms with Gasteiger partial charge in [-0.15, -0.1) is 0 Å². The standard InChI is InChI=1S/C27H29ClN8O2/c1-4-23(37)30-18-15-19(22(38-3)16-21(18)35-13-11-34(2)12-14-35)31-27-32-25(29)24(28)26(33-27)36-10-9-17-7-5-6-8-20(17)36/h4-10,15-16H,1,11-14H2,2-3H3,(H,30,37)(H3,29,31,32,33). The summed E-state index contributed by atoms with van der Waals surface area (Å²) in [7, 11) is 3.68. The molecule has 0 spiro atoms. The number of halogens is 1. The van der Waals surface area contributed by atoms with E-state index < -0.39 is 0 Å². The number of anilines is 5. The van der Waals surface area contributed by atoms with Gasteiger partial charge in [-0.3, -0.25) is 9.36 Å². The van der Waals surface area contributed by atoms with Crippen molar-refractivity contribution in [1.29, 1.82) is 0 Å². The van der Waals surface area contributed by atoms with Gasteiger partial charge in [0, 0.05) is 38.4 Å². The highest BCUT2D eigenvalue weighted by Crippen LogP contribution is 2.39. The Labute approximate surface area is 225 Å². The van der Waals surface area contributed by atoms with Gasteiger partial charge in [0.1, 0.15) is 16.6 Å². The molecule has 2 aromatic carbocycles. The molecule has 2 aromatic heterocycles. The van der Waals surface area contributed by atoms with Gasteiger partial charge in [-0.1, -0.05) is 36.4 Å². The monoisotopic (exact) mass is 532 g/mol. The second kappa shape index (κ2) is 10.6. The lowest BCUT2D eigenvalue weighted by Crippen LogP contribution is -2.44. The van der Waals surface area contributed by atoms with Crippen LogP contribution < -0.4 is 26.0 Å². The average molecular weight is 533 g/mol. The summed E-state index contributed by atoms with van der Waals surface area (Å²) in [6, 6.07) is 13.6. The van der Waals surface area contributed by atoms with Crippen LogP contribution in [0, 0.1) is 0 Å². The maximum absolute atomic E-state index is 12.3. The normalized spacial score (nSPS) is 13.9. The summed E-state index contributed by atoms with van der Waals surface area (Å²) in [5.74, 6) is 1.04. The van der Waals surface area contributed by atoms with Gasteiger partial charge in [0.15, 0.2) is 5.82 Å². The van der Waals surface area contributed by atoms with Crippen LogP contribution in [0.2, 0.25) is 5.02 Å². The molecule has 1 saturated heterocycles. The van der Waals surface area contributed by atoms with Crippen LogP contribution in [0.25, 0.3) is 16.7 Å². The van der Waals surface area contributed by atoms with Crippen LogP contribution in [0.3, 0.4) is 0 Å². The first-order valence-electron chi connectivity index (χ1n) is 12.1. The summed E-state index contributed by atoms with van der Waals surface area (Å²) < 4.78 is 7.59. The number of ether oxygens (including phenoxy) is 1. The number of hydrogen-bond acceptors (Lipinski definition) is 8. The topological polar surface area (TPSA) is 114 Å². The van der Waals surface area contributed by atoms with Crippen molar-refractivity contribution >= 4 is 57.2 Å². The van der Waals surface area contributed by atoms with Crippen molar-refractivity contribution in [3.8, 4) is 11.6 Å². The third-order valence-electron chi connectivity index (χ3n) is 6.54. The Kier molecular flexibility index (Phi) is 7.08. The fraction of sp³-hybridized carbons (Fsp3) is 0.222. The largest absolute Gasteiger partial charge is 0.494 e. The minimum absolute atomic E-state index is 0.130. The van der Waals surface area contributed by atoms with Crippen molar-refractivity contribution in [3.63, 3.8) is 0 Å². The van der Waals surface area contributed by atoms with Gasteiger partial charge in [-0.05, 0) is 36.7 Å². The van der Waals surface area contributed by atoms with Crippen LogP contribution in [-0.2, 0) is 4.79 Å². The molecule has 4 N–H and O–H groups in total. The minimum Gasteiger partial charge on any atom is -0.494 e. The first kappa shape index (κ1) is 25.4. The predicted octanol–water partition coefficient (Wildman–Crippen LogP) is 4.28. The van der Waals surface area contributed by atoms with Crippen LogP contribution in [0.15, 0.2) is 61.3 Å². The molecule has 0 radical (unpaired) electrons. The molecule has 196 valence electrons. The molecule has 1 aliphatic heterocycles.